The number of carboxylic acid groups (broad SMARTS) is 1. The topological polar surface area (TPSA) is 142 Å². The molecule has 0 spiro atoms. The fourth-order valence-electron chi connectivity index (χ4n) is 5.06. The molecule has 11 heteroatoms. The number of aliphatic hydroxyl groups is 1. The van der Waals surface area contributed by atoms with Crippen molar-refractivity contribution in [2.75, 3.05) is 18.5 Å². The van der Waals surface area contributed by atoms with Crippen LogP contribution in [0.25, 0.3) is 10.9 Å². The Hall–Kier alpha value is -4.22. The number of amides is 3. The van der Waals surface area contributed by atoms with Crippen LogP contribution in [-0.4, -0.2) is 74.1 Å². The number of hydroxylamine groups is 2. The minimum atomic E-state index is -1.33. The highest BCUT2D eigenvalue weighted by Crippen LogP contribution is 2.32. The highest BCUT2D eigenvalue weighted by atomic mass is 16.7. The molecular formula is C30H36N4O7. The number of carbonyl (C=O) groups is 3. The minimum absolute atomic E-state index is 0.0479. The molecule has 3 atom stereocenters. The molecule has 2 heterocycles. The normalized spacial score (nSPS) is 19.0. The zero-order chi connectivity index (χ0) is 29.6. The van der Waals surface area contributed by atoms with E-state index in [1.807, 2.05) is 42.5 Å². The van der Waals surface area contributed by atoms with Gasteiger partial charge in [-0.25, -0.2) is 9.59 Å². The third kappa shape index (κ3) is 7.50. The quantitative estimate of drug-likeness (QED) is 0.336. The van der Waals surface area contributed by atoms with E-state index in [0.29, 0.717) is 11.2 Å². The monoisotopic (exact) mass is 564 g/mol. The molecule has 0 bridgehead atoms. The van der Waals surface area contributed by atoms with Crippen molar-refractivity contribution in [2.45, 2.75) is 57.9 Å². The Morgan fingerprint density at radius 2 is 1.80 bits per heavy atom. The van der Waals surface area contributed by atoms with Gasteiger partial charge in [-0.1, -0.05) is 48.5 Å². The van der Waals surface area contributed by atoms with Crippen LogP contribution in [0.5, 0.6) is 0 Å². The van der Waals surface area contributed by atoms with Gasteiger partial charge in [0.1, 0.15) is 18.2 Å². The number of para-hydroxylation sites is 1. The Kier molecular flexibility index (Phi) is 9.41. The molecule has 1 aromatic heterocycles. The van der Waals surface area contributed by atoms with Gasteiger partial charge in [-0.2, -0.15) is 5.06 Å². The maximum atomic E-state index is 13.7. The molecule has 218 valence electrons. The Labute approximate surface area is 238 Å². The Balaban J connectivity index is 1.62. The predicted octanol–water partition coefficient (Wildman–Crippen LogP) is 4.66. The number of hydrogen-bond donors (Lipinski definition) is 3. The largest absolute Gasteiger partial charge is 0.465 e. The first-order chi connectivity index (χ1) is 19.6. The van der Waals surface area contributed by atoms with Gasteiger partial charge in [-0.15, -0.1) is 0 Å². The average Bonchev–Trinajstić information content (AvgIpc) is 2.93. The molecule has 41 heavy (non-hydrogen) atoms. The van der Waals surface area contributed by atoms with Gasteiger partial charge in [-0.05, 0) is 57.2 Å². The number of piperidine rings is 1. The van der Waals surface area contributed by atoms with Crippen LogP contribution in [0.4, 0.5) is 15.3 Å². The molecule has 0 aliphatic carbocycles. The average molecular weight is 565 g/mol. The molecule has 1 saturated heterocycles. The lowest BCUT2D eigenvalue weighted by Gasteiger charge is -2.45. The Morgan fingerprint density at radius 3 is 2.49 bits per heavy atom. The molecule has 2 aromatic carbocycles. The van der Waals surface area contributed by atoms with E-state index < -0.39 is 41.7 Å². The zero-order valence-corrected chi connectivity index (χ0v) is 23.4. The van der Waals surface area contributed by atoms with E-state index in [1.54, 1.807) is 45.2 Å². The summed E-state index contributed by atoms with van der Waals surface area (Å²) >= 11 is 0. The molecule has 1 fully saturated rings. The first kappa shape index (κ1) is 29.8. The van der Waals surface area contributed by atoms with Gasteiger partial charge in [0.2, 0.25) is 5.91 Å². The van der Waals surface area contributed by atoms with Crippen molar-refractivity contribution in [1.82, 2.24) is 14.9 Å². The zero-order valence-electron chi connectivity index (χ0n) is 23.4. The van der Waals surface area contributed by atoms with Crippen molar-refractivity contribution in [2.24, 2.45) is 5.92 Å². The fraction of sp³-hybridized carbons (Fsp3) is 0.400. The summed E-state index contributed by atoms with van der Waals surface area (Å²) in [6.07, 6.45) is -0.156. The van der Waals surface area contributed by atoms with Gasteiger partial charge < -0.3 is 20.3 Å². The van der Waals surface area contributed by atoms with Crippen molar-refractivity contribution in [3.05, 3.63) is 72.4 Å². The van der Waals surface area contributed by atoms with Crippen LogP contribution in [0.3, 0.4) is 0 Å². The van der Waals surface area contributed by atoms with E-state index in [2.05, 4.69) is 10.3 Å². The standard InChI is InChI=1S/C30H36N4O7/c1-30(2,3)41-29(39)34(40-19-20-9-5-4-6-10-20)23-17-22(14-16-35)26(33(18-23)28(37)38)27(36)32-24-13-7-11-21-12-8-15-31-25(21)24/h4-13,15,22-23,26,35H,14,16-19H2,1-3H3,(H,32,36)(H,37,38)/t22-,23-,26+/m1/s1. The molecule has 4 rings (SSSR count). The van der Waals surface area contributed by atoms with Crippen molar-refractivity contribution in [1.29, 1.82) is 0 Å². The third-order valence-corrected chi connectivity index (χ3v) is 6.79. The van der Waals surface area contributed by atoms with Crippen LogP contribution in [0.15, 0.2) is 66.9 Å². The number of hydrogen-bond acceptors (Lipinski definition) is 7. The van der Waals surface area contributed by atoms with Crippen LogP contribution < -0.4 is 5.32 Å². The molecular weight excluding hydrogens is 528 g/mol. The fourth-order valence-corrected chi connectivity index (χ4v) is 5.06. The number of pyridine rings is 1. The van der Waals surface area contributed by atoms with Crippen molar-refractivity contribution in [3.8, 4) is 0 Å². The molecule has 3 aromatic rings. The Bertz CT molecular complexity index is 1360. The first-order valence-corrected chi connectivity index (χ1v) is 13.5. The number of aliphatic hydroxyl groups excluding tert-OH is 1. The SMILES string of the molecule is CC(C)(C)OC(=O)N(OCc1ccccc1)[C@@H]1C[C@@H](CCO)[C@@H](C(=O)Nc2cccc3cccnc23)N(C(=O)O)C1. The van der Waals surface area contributed by atoms with Gasteiger partial charge in [0, 0.05) is 24.7 Å². The second kappa shape index (κ2) is 13.0. The number of benzene rings is 2. The lowest BCUT2D eigenvalue weighted by Crippen LogP contribution is -2.61. The minimum Gasteiger partial charge on any atom is -0.465 e. The third-order valence-electron chi connectivity index (χ3n) is 6.79. The molecule has 3 N–H and O–H groups in total. The maximum absolute atomic E-state index is 13.7. The Morgan fingerprint density at radius 1 is 1.07 bits per heavy atom. The predicted molar refractivity (Wildman–Crippen MR) is 152 cm³/mol. The lowest BCUT2D eigenvalue weighted by molar-refractivity contribution is -0.192. The van der Waals surface area contributed by atoms with E-state index in [-0.39, 0.29) is 32.6 Å². The van der Waals surface area contributed by atoms with Crippen molar-refractivity contribution < 1.29 is 34.2 Å². The molecule has 11 nitrogen and oxygen atoms in total. The highest BCUT2D eigenvalue weighted by Gasteiger charge is 2.46. The van der Waals surface area contributed by atoms with Crippen LogP contribution in [-0.2, 0) is 21.0 Å². The number of rotatable bonds is 8. The van der Waals surface area contributed by atoms with E-state index in [0.717, 1.165) is 20.9 Å². The molecule has 0 saturated carbocycles. The van der Waals surface area contributed by atoms with E-state index in [4.69, 9.17) is 9.57 Å². The number of nitrogens with one attached hydrogen (secondary N) is 1. The number of likely N-dealkylation sites (tertiary alicyclic amines) is 1. The summed E-state index contributed by atoms with van der Waals surface area (Å²) < 4.78 is 5.59. The highest BCUT2D eigenvalue weighted by molar-refractivity contribution is 6.03. The molecule has 0 unspecified atom stereocenters. The summed E-state index contributed by atoms with van der Waals surface area (Å²) in [6, 6.07) is 16.3. The number of ether oxygens (including phenoxy) is 1. The van der Waals surface area contributed by atoms with Crippen LogP contribution >= 0.6 is 0 Å². The first-order valence-electron chi connectivity index (χ1n) is 13.5. The summed E-state index contributed by atoms with van der Waals surface area (Å²) in [4.78, 5) is 50.8. The number of anilines is 1. The van der Waals surface area contributed by atoms with Crippen LogP contribution in [0.1, 0.15) is 39.2 Å². The number of fused-ring (bicyclic) bond motifs is 1. The van der Waals surface area contributed by atoms with Crippen molar-refractivity contribution >= 4 is 34.7 Å². The summed E-state index contributed by atoms with van der Waals surface area (Å²) in [5.74, 6) is -1.17. The molecule has 1 aliphatic rings. The second-order valence-corrected chi connectivity index (χ2v) is 11.0. The second-order valence-electron chi connectivity index (χ2n) is 11.0. The molecule has 0 radical (unpaired) electrons. The van der Waals surface area contributed by atoms with Crippen molar-refractivity contribution in [3.63, 3.8) is 0 Å². The van der Waals surface area contributed by atoms with E-state index in [1.165, 1.54) is 0 Å². The summed E-state index contributed by atoms with van der Waals surface area (Å²) in [7, 11) is 0. The summed E-state index contributed by atoms with van der Waals surface area (Å²) in [6.45, 7) is 4.75. The van der Waals surface area contributed by atoms with E-state index >= 15 is 0 Å². The summed E-state index contributed by atoms with van der Waals surface area (Å²) in [5, 5.41) is 24.8. The van der Waals surface area contributed by atoms with Gasteiger partial charge >= 0.3 is 12.2 Å². The van der Waals surface area contributed by atoms with Gasteiger partial charge in [-0.3, -0.25) is 19.5 Å². The van der Waals surface area contributed by atoms with Gasteiger partial charge in [0.05, 0.1) is 17.2 Å². The number of aromatic nitrogens is 1. The lowest BCUT2D eigenvalue weighted by atomic mass is 9.83. The maximum Gasteiger partial charge on any atom is 0.434 e. The molecule has 3 amide bonds. The van der Waals surface area contributed by atoms with Crippen LogP contribution in [0, 0.1) is 5.92 Å². The number of nitrogens with zero attached hydrogens (tertiary/aromatic N) is 3. The van der Waals surface area contributed by atoms with Crippen LogP contribution in [0.2, 0.25) is 0 Å². The number of carbonyl (C=O) groups excluding carboxylic acids is 2. The summed E-state index contributed by atoms with van der Waals surface area (Å²) in [5.41, 5.74) is 0.999. The molecule has 1 aliphatic heterocycles. The van der Waals surface area contributed by atoms with Gasteiger partial charge in [0.15, 0.2) is 0 Å². The van der Waals surface area contributed by atoms with E-state index in [9.17, 15) is 24.6 Å². The van der Waals surface area contributed by atoms with Gasteiger partial charge in [0.25, 0.3) is 0 Å². The smallest absolute Gasteiger partial charge is 0.434 e.